The van der Waals surface area contributed by atoms with Gasteiger partial charge in [-0.05, 0) is 42.5 Å². The molecule has 0 unspecified atom stereocenters. The van der Waals surface area contributed by atoms with Gasteiger partial charge in [0.15, 0.2) is 6.10 Å². The molecule has 4 heterocycles. The van der Waals surface area contributed by atoms with Crippen LogP contribution in [0.3, 0.4) is 0 Å². The number of carboxylic acid groups (broad SMARTS) is 1. The molecule has 1 N–H and O–H groups in total. The second-order valence-corrected chi connectivity index (χ2v) is 9.23. The number of tetrazole rings is 1. The van der Waals surface area contributed by atoms with E-state index in [9.17, 15) is 9.90 Å². The molecule has 0 radical (unpaired) electrons. The van der Waals surface area contributed by atoms with Crippen molar-refractivity contribution in [3.63, 3.8) is 0 Å². The molecular weight excluding hydrogens is 462 g/mol. The third-order valence-electron chi connectivity index (χ3n) is 5.58. The number of hydrogen-bond acceptors (Lipinski definition) is 10. The molecule has 178 valence electrons. The van der Waals surface area contributed by atoms with E-state index < -0.39 is 5.97 Å². The summed E-state index contributed by atoms with van der Waals surface area (Å²) in [6, 6.07) is 5.44. The summed E-state index contributed by atoms with van der Waals surface area (Å²) in [6.45, 7) is 8.69. The van der Waals surface area contributed by atoms with E-state index in [1.807, 2.05) is 19.1 Å². The van der Waals surface area contributed by atoms with Crippen molar-refractivity contribution in [2.24, 2.45) is 0 Å². The fourth-order valence-electron chi connectivity index (χ4n) is 4.00. The monoisotopic (exact) mass is 485 g/mol. The van der Waals surface area contributed by atoms with Gasteiger partial charge in [-0.15, -0.1) is 16.4 Å². The van der Waals surface area contributed by atoms with Gasteiger partial charge in [0.1, 0.15) is 46.0 Å². The molecular formula is C22H23N5O6S. The summed E-state index contributed by atoms with van der Waals surface area (Å²) in [4.78, 5) is 16.1. The number of benzene rings is 1. The fraction of sp³-hybridized carbons (Fsp3) is 0.409. The van der Waals surface area contributed by atoms with Crippen molar-refractivity contribution in [2.45, 2.75) is 38.3 Å². The lowest BCUT2D eigenvalue weighted by atomic mass is 10.1. The van der Waals surface area contributed by atoms with Crippen molar-refractivity contribution < 1.29 is 28.8 Å². The first-order valence-electron chi connectivity index (χ1n) is 10.6. The zero-order valence-electron chi connectivity index (χ0n) is 18.6. The summed E-state index contributed by atoms with van der Waals surface area (Å²) >= 11 is 1.11. The Morgan fingerprint density at radius 3 is 2.74 bits per heavy atom. The van der Waals surface area contributed by atoms with E-state index in [2.05, 4.69) is 27.1 Å². The highest BCUT2D eigenvalue weighted by atomic mass is 32.1. The van der Waals surface area contributed by atoms with Gasteiger partial charge >= 0.3 is 5.97 Å². The Hall–Kier alpha value is -3.19. The lowest BCUT2D eigenvalue weighted by molar-refractivity contribution is -0.0277. The Kier molecular flexibility index (Phi) is 6.13. The van der Waals surface area contributed by atoms with E-state index in [0.717, 1.165) is 22.5 Å². The average molecular weight is 486 g/mol. The number of carboxylic acids is 1. The number of rotatable bonds is 8. The minimum absolute atomic E-state index is 0.173. The van der Waals surface area contributed by atoms with Crippen LogP contribution in [0.2, 0.25) is 0 Å². The number of ether oxygens (including phenoxy) is 4. The summed E-state index contributed by atoms with van der Waals surface area (Å²) < 4.78 is 25.6. The Bertz CT molecular complexity index is 1210. The van der Waals surface area contributed by atoms with Gasteiger partial charge in [-0.3, -0.25) is 0 Å². The number of nitrogens with zero attached hydrogens (tertiary/aromatic N) is 5. The maximum absolute atomic E-state index is 11.4. The van der Waals surface area contributed by atoms with Gasteiger partial charge in [-0.25, -0.2) is 9.78 Å². The van der Waals surface area contributed by atoms with Crippen molar-refractivity contribution in [1.82, 2.24) is 25.2 Å². The molecule has 0 bridgehead atoms. The van der Waals surface area contributed by atoms with Gasteiger partial charge in [0.05, 0.1) is 25.5 Å². The van der Waals surface area contributed by atoms with Crippen molar-refractivity contribution in [3.8, 4) is 22.0 Å². The molecule has 5 rings (SSSR count). The second-order valence-electron chi connectivity index (χ2n) is 8.23. The van der Waals surface area contributed by atoms with E-state index >= 15 is 0 Å². The predicted molar refractivity (Wildman–Crippen MR) is 120 cm³/mol. The molecule has 2 saturated heterocycles. The molecule has 2 fully saturated rings. The van der Waals surface area contributed by atoms with E-state index in [-0.39, 0.29) is 29.3 Å². The normalized spacial score (nSPS) is 23.7. The number of carbonyl (C=O) groups is 1. The molecule has 0 spiro atoms. The van der Waals surface area contributed by atoms with Crippen LogP contribution in [0.1, 0.15) is 22.3 Å². The molecule has 11 nitrogen and oxygen atoms in total. The minimum Gasteiger partial charge on any atom is -0.483 e. The molecule has 2 aliphatic rings. The number of fused-ring (bicyclic) bond motifs is 1. The van der Waals surface area contributed by atoms with Crippen LogP contribution in [0.25, 0.3) is 16.3 Å². The van der Waals surface area contributed by atoms with Crippen LogP contribution in [-0.2, 0) is 14.2 Å². The summed E-state index contributed by atoms with van der Waals surface area (Å²) in [7, 11) is 0. The number of aryl methyl sites for hydroxylation is 1. The lowest BCUT2D eigenvalue weighted by Gasteiger charge is -2.20. The molecule has 1 aromatic carbocycles. The highest BCUT2D eigenvalue weighted by Crippen LogP contribution is 2.36. The largest absolute Gasteiger partial charge is 0.483 e. The van der Waals surface area contributed by atoms with Gasteiger partial charge in [0.2, 0.25) is 0 Å². The average Bonchev–Trinajstić information content (AvgIpc) is 3.59. The molecule has 0 saturated carbocycles. The van der Waals surface area contributed by atoms with Gasteiger partial charge in [0, 0.05) is 5.56 Å². The van der Waals surface area contributed by atoms with Crippen LogP contribution in [0.15, 0.2) is 36.7 Å². The number of thiazole rings is 1. The zero-order chi connectivity index (χ0) is 23.8. The summed E-state index contributed by atoms with van der Waals surface area (Å²) in [6.07, 6.45) is 0.464. The van der Waals surface area contributed by atoms with Crippen LogP contribution in [0.4, 0.5) is 0 Å². The highest BCUT2D eigenvalue weighted by Gasteiger charge is 2.49. The fourth-order valence-corrected chi connectivity index (χ4v) is 4.91. The number of aromatic carboxylic acids is 1. The standard InChI is InChI=1S/C22H23N5O6S/c1-11(2)7-30-16-8-31-19-17(9-32-18(16)19)33-15-5-4-13(6-14(15)27-10-23-25-26-27)21-24-12(3)20(34-21)22(28)29/h4-6,10,16-19H,1,7-9H2,2-3H3,(H,28,29)/t16-,17-,18+,19+/m0/s1. The van der Waals surface area contributed by atoms with Gasteiger partial charge in [-0.1, -0.05) is 12.2 Å². The molecule has 12 heteroatoms. The molecule has 34 heavy (non-hydrogen) atoms. The molecule has 0 amide bonds. The first kappa shape index (κ1) is 22.6. The van der Waals surface area contributed by atoms with Crippen molar-refractivity contribution >= 4 is 17.3 Å². The Balaban J connectivity index is 1.40. The topological polar surface area (TPSA) is 131 Å². The highest BCUT2D eigenvalue weighted by molar-refractivity contribution is 7.17. The van der Waals surface area contributed by atoms with Crippen molar-refractivity contribution in [2.75, 3.05) is 19.8 Å². The number of hydrogen-bond donors (Lipinski definition) is 1. The van der Waals surface area contributed by atoms with E-state index in [0.29, 0.717) is 42.0 Å². The second kappa shape index (κ2) is 9.22. The van der Waals surface area contributed by atoms with E-state index in [1.54, 1.807) is 13.0 Å². The van der Waals surface area contributed by atoms with Gasteiger partial charge in [-0.2, -0.15) is 4.68 Å². The molecule has 3 aromatic rings. The first-order valence-corrected chi connectivity index (χ1v) is 11.5. The van der Waals surface area contributed by atoms with Crippen LogP contribution >= 0.6 is 11.3 Å². The lowest BCUT2D eigenvalue weighted by Crippen LogP contribution is -2.35. The van der Waals surface area contributed by atoms with E-state index in [1.165, 1.54) is 11.0 Å². The summed E-state index contributed by atoms with van der Waals surface area (Å²) in [5, 5.41) is 21.4. The quantitative estimate of drug-likeness (QED) is 0.474. The third-order valence-corrected chi connectivity index (χ3v) is 6.77. The first-order chi connectivity index (χ1) is 16.4. The van der Waals surface area contributed by atoms with Gasteiger partial charge in [0.25, 0.3) is 0 Å². The van der Waals surface area contributed by atoms with Crippen LogP contribution in [0.5, 0.6) is 5.75 Å². The van der Waals surface area contributed by atoms with Crippen molar-refractivity contribution in [3.05, 3.63) is 47.2 Å². The van der Waals surface area contributed by atoms with Crippen molar-refractivity contribution in [1.29, 1.82) is 0 Å². The van der Waals surface area contributed by atoms with Crippen LogP contribution in [0, 0.1) is 6.92 Å². The summed E-state index contributed by atoms with van der Waals surface area (Å²) in [5.41, 5.74) is 2.71. The maximum Gasteiger partial charge on any atom is 0.347 e. The van der Waals surface area contributed by atoms with Crippen LogP contribution in [-0.4, -0.2) is 80.5 Å². The van der Waals surface area contributed by atoms with E-state index in [4.69, 9.17) is 18.9 Å². The molecule has 0 aliphatic carbocycles. The third kappa shape index (κ3) is 4.32. The minimum atomic E-state index is -1.00. The molecule has 2 aliphatic heterocycles. The molecule has 4 atom stereocenters. The smallest absolute Gasteiger partial charge is 0.347 e. The Morgan fingerprint density at radius 2 is 2.06 bits per heavy atom. The number of aromatic nitrogens is 5. The summed E-state index contributed by atoms with van der Waals surface area (Å²) in [5.74, 6) is -0.466. The predicted octanol–water partition coefficient (Wildman–Crippen LogP) is 2.30. The Morgan fingerprint density at radius 1 is 1.29 bits per heavy atom. The SMILES string of the molecule is C=C(C)CO[C@H]1CO[C@H]2[C@@H]1OC[C@@H]2Oc1ccc(-c2nc(C)c(C(=O)O)s2)cc1-n1cnnn1. The Labute approximate surface area is 198 Å². The van der Waals surface area contributed by atoms with Crippen LogP contribution < -0.4 is 4.74 Å². The molecule has 2 aromatic heterocycles. The zero-order valence-corrected chi connectivity index (χ0v) is 19.4. The maximum atomic E-state index is 11.4. The van der Waals surface area contributed by atoms with Gasteiger partial charge < -0.3 is 24.1 Å².